The lowest BCUT2D eigenvalue weighted by Crippen LogP contribution is -2.28. The van der Waals surface area contributed by atoms with Crippen LogP contribution >= 0.6 is 0 Å². The van der Waals surface area contributed by atoms with E-state index in [1.165, 1.54) is 37.6 Å². The van der Waals surface area contributed by atoms with Crippen molar-refractivity contribution in [1.82, 2.24) is 34.5 Å². The van der Waals surface area contributed by atoms with Crippen LogP contribution in [0.4, 0.5) is 11.6 Å². The van der Waals surface area contributed by atoms with Gasteiger partial charge in [-0.05, 0) is 74.9 Å². The number of rotatable bonds is 9. The Labute approximate surface area is 249 Å². The van der Waals surface area contributed by atoms with E-state index in [1.807, 2.05) is 39.9 Å². The molecule has 11 nitrogen and oxygen atoms in total. The number of nitrogens with one attached hydrogen (secondary N) is 1. The summed E-state index contributed by atoms with van der Waals surface area (Å²) in [7, 11) is 2.10. The summed E-state index contributed by atoms with van der Waals surface area (Å²) in [4.78, 5) is 43.1. The second kappa shape index (κ2) is 11.2. The van der Waals surface area contributed by atoms with Gasteiger partial charge in [-0.15, -0.1) is 0 Å². The predicted molar refractivity (Wildman–Crippen MR) is 164 cm³/mol. The molecule has 43 heavy (non-hydrogen) atoms. The minimum atomic E-state index is -0.228. The number of hydrogen-bond donors (Lipinski definition) is 2. The molecule has 7 rings (SSSR count). The Morgan fingerprint density at radius 1 is 1.07 bits per heavy atom. The molecule has 1 atom stereocenters. The molecule has 0 unspecified atom stereocenters. The van der Waals surface area contributed by atoms with Crippen molar-refractivity contribution in [2.45, 2.75) is 50.1 Å². The first-order chi connectivity index (χ1) is 20.9. The van der Waals surface area contributed by atoms with E-state index >= 15 is 0 Å². The van der Waals surface area contributed by atoms with Crippen LogP contribution < -0.4 is 11.1 Å². The largest absolute Gasteiger partial charge is 0.383 e. The number of amides is 2. The number of benzene rings is 1. The fraction of sp³-hybridized carbons (Fsp3) is 0.375. The highest BCUT2D eigenvalue weighted by atomic mass is 16.2. The van der Waals surface area contributed by atoms with E-state index in [9.17, 15) is 9.59 Å². The number of carbonyl (C=O) groups is 2. The number of aromatic nitrogens is 5. The summed E-state index contributed by atoms with van der Waals surface area (Å²) in [5.41, 5.74) is 10.1. The molecule has 3 N–H and O–H groups in total. The quantitative estimate of drug-likeness (QED) is 0.285. The van der Waals surface area contributed by atoms with Gasteiger partial charge in [-0.3, -0.25) is 14.5 Å². The van der Waals surface area contributed by atoms with Crippen molar-refractivity contribution in [3.05, 3.63) is 72.2 Å². The third kappa shape index (κ3) is 5.72. The van der Waals surface area contributed by atoms with Crippen LogP contribution in [-0.4, -0.2) is 79.1 Å². The first-order valence-corrected chi connectivity index (χ1v) is 15.0. The van der Waals surface area contributed by atoms with Gasteiger partial charge in [0.05, 0.1) is 11.4 Å². The molecule has 11 heteroatoms. The van der Waals surface area contributed by atoms with Gasteiger partial charge in [0.1, 0.15) is 23.7 Å². The molecule has 0 bridgehead atoms. The van der Waals surface area contributed by atoms with E-state index in [-0.39, 0.29) is 17.9 Å². The molecule has 220 valence electrons. The summed E-state index contributed by atoms with van der Waals surface area (Å²) < 4.78 is 1.87. The van der Waals surface area contributed by atoms with Crippen LogP contribution in [0.5, 0.6) is 0 Å². The van der Waals surface area contributed by atoms with E-state index in [0.29, 0.717) is 59.0 Å². The minimum absolute atomic E-state index is 0.0147. The number of carbonyl (C=O) groups excluding carboxylic acids is 2. The molecule has 4 aromatic rings. The molecule has 1 aliphatic heterocycles. The number of hydrogen-bond acceptors (Lipinski definition) is 8. The van der Waals surface area contributed by atoms with Gasteiger partial charge >= 0.3 is 0 Å². The summed E-state index contributed by atoms with van der Waals surface area (Å²) >= 11 is 0. The molecule has 1 saturated heterocycles. The molecule has 3 aliphatic rings. The summed E-state index contributed by atoms with van der Waals surface area (Å²) in [6.07, 6.45) is 12.4. The first kappa shape index (κ1) is 27.2. The monoisotopic (exact) mass is 577 g/mol. The van der Waals surface area contributed by atoms with Crippen LogP contribution in [-0.2, 0) is 4.79 Å². The minimum Gasteiger partial charge on any atom is -0.383 e. The molecule has 2 saturated carbocycles. The van der Waals surface area contributed by atoms with Crippen molar-refractivity contribution in [2.75, 3.05) is 37.7 Å². The van der Waals surface area contributed by atoms with Crippen LogP contribution in [0.15, 0.2) is 61.1 Å². The van der Waals surface area contributed by atoms with Crippen molar-refractivity contribution in [1.29, 1.82) is 0 Å². The maximum absolute atomic E-state index is 13.0. The van der Waals surface area contributed by atoms with Crippen molar-refractivity contribution in [3.63, 3.8) is 0 Å². The highest BCUT2D eigenvalue weighted by Gasteiger charge is 2.31. The number of nitrogen functional groups attached to an aromatic ring is 1. The highest BCUT2D eigenvalue weighted by molar-refractivity contribution is 6.04. The van der Waals surface area contributed by atoms with Gasteiger partial charge in [0, 0.05) is 49.1 Å². The topological polar surface area (TPSA) is 135 Å². The molecule has 1 aromatic carbocycles. The van der Waals surface area contributed by atoms with Crippen LogP contribution in [0, 0.1) is 0 Å². The Balaban J connectivity index is 1.08. The van der Waals surface area contributed by atoms with Gasteiger partial charge in [0.15, 0.2) is 5.65 Å². The van der Waals surface area contributed by atoms with Crippen molar-refractivity contribution in [2.24, 2.45) is 0 Å². The Morgan fingerprint density at radius 3 is 2.65 bits per heavy atom. The number of likely N-dealkylation sites (N-methyl/N-ethyl adjacent to an activating group) is 1. The van der Waals surface area contributed by atoms with Crippen molar-refractivity contribution in [3.8, 4) is 11.3 Å². The van der Waals surface area contributed by atoms with E-state index in [1.54, 1.807) is 24.4 Å². The molecular weight excluding hydrogens is 542 g/mol. The molecule has 0 radical (unpaired) electrons. The van der Waals surface area contributed by atoms with E-state index in [0.717, 1.165) is 18.5 Å². The Morgan fingerprint density at radius 2 is 1.88 bits per heavy atom. The summed E-state index contributed by atoms with van der Waals surface area (Å²) in [6.45, 7) is 1.96. The second-order valence-electron chi connectivity index (χ2n) is 11.8. The van der Waals surface area contributed by atoms with Crippen LogP contribution in [0.2, 0.25) is 0 Å². The third-order valence-electron chi connectivity index (χ3n) is 8.66. The first-order valence-electron chi connectivity index (χ1n) is 15.0. The lowest BCUT2D eigenvalue weighted by molar-refractivity contribution is -0.125. The molecular formula is C32H35N9O2. The van der Waals surface area contributed by atoms with Crippen molar-refractivity contribution < 1.29 is 9.59 Å². The number of nitrogens with two attached hydrogens (primary N) is 1. The zero-order valence-corrected chi connectivity index (χ0v) is 24.2. The standard InChI is InChI=1S/C32H35N9O2/c1-39(24-10-11-24)15-2-3-27(42)40-16-13-25(18-40)41-31-28(30(33)35-19-36-31)29(38-41)21-6-8-22(9-7-21)32(43)37-26-17-23(12-14-34-26)20-4-5-20/h2-3,6-9,12,14,17,19-20,24-25H,4-5,10-11,13,15-16,18H2,1H3,(H2,33,35,36)(H,34,37,43)/b3-2+/t25-/m1/s1. The number of pyridine rings is 1. The average molecular weight is 578 g/mol. The SMILES string of the molecule is CN(C/C=C/C(=O)N1CC[C@@H](n2nc(-c3ccc(C(=O)Nc4cc(C5CC5)ccn4)cc3)c3c(N)ncnc32)C1)C1CC1. The highest BCUT2D eigenvalue weighted by Crippen LogP contribution is 2.40. The normalized spacial score (nSPS) is 18.7. The molecule has 3 fully saturated rings. The number of anilines is 2. The zero-order chi connectivity index (χ0) is 29.5. The van der Waals surface area contributed by atoms with E-state index in [2.05, 4.69) is 32.2 Å². The molecule has 3 aromatic heterocycles. The van der Waals surface area contributed by atoms with E-state index < -0.39 is 0 Å². The average Bonchev–Trinajstić information content (AvgIpc) is 3.95. The fourth-order valence-electron chi connectivity index (χ4n) is 5.84. The fourth-order valence-corrected chi connectivity index (χ4v) is 5.84. The number of nitrogens with zero attached hydrogens (tertiary/aromatic N) is 7. The van der Waals surface area contributed by atoms with Crippen molar-refractivity contribution >= 4 is 34.5 Å². The molecule has 4 heterocycles. The zero-order valence-electron chi connectivity index (χ0n) is 24.2. The maximum Gasteiger partial charge on any atom is 0.256 e. The Bertz CT molecular complexity index is 1710. The smallest absolute Gasteiger partial charge is 0.256 e. The lowest BCUT2D eigenvalue weighted by Gasteiger charge is -2.16. The molecule has 0 spiro atoms. The Hall–Kier alpha value is -4.64. The molecule has 2 amide bonds. The number of fused-ring (bicyclic) bond motifs is 1. The van der Waals surface area contributed by atoms with Crippen LogP contribution in [0.3, 0.4) is 0 Å². The van der Waals surface area contributed by atoms with Crippen LogP contribution in [0.1, 0.15) is 60.0 Å². The van der Waals surface area contributed by atoms with Gasteiger partial charge in [-0.25, -0.2) is 19.6 Å². The summed E-state index contributed by atoms with van der Waals surface area (Å²) in [5.74, 6) is 1.26. The van der Waals surface area contributed by atoms with Crippen LogP contribution in [0.25, 0.3) is 22.3 Å². The lowest BCUT2D eigenvalue weighted by atomic mass is 10.1. The molecule has 2 aliphatic carbocycles. The summed E-state index contributed by atoms with van der Waals surface area (Å²) in [6, 6.07) is 11.8. The van der Waals surface area contributed by atoms with E-state index in [4.69, 9.17) is 10.8 Å². The van der Waals surface area contributed by atoms with Gasteiger partial charge in [0.25, 0.3) is 5.91 Å². The Kier molecular flexibility index (Phi) is 7.10. The third-order valence-corrected chi connectivity index (χ3v) is 8.66. The maximum atomic E-state index is 13.0. The summed E-state index contributed by atoms with van der Waals surface area (Å²) in [5, 5.41) is 8.51. The number of likely N-dealkylation sites (tertiary alicyclic amines) is 1. The van der Waals surface area contributed by atoms with Gasteiger partial charge in [-0.2, -0.15) is 5.10 Å². The van der Waals surface area contributed by atoms with Gasteiger partial charge in [0.2, 0.25) is 5.91 Å². The van der Waals surface area contributed by atoms with Gasteiger partial charge in [-0.1, -0.05) is 18.2 Å². The second-order valence-corrected chi connectivity index (χ2v) is 11.8. The van der Waals surface area contributed by atoms with Gasteiger partial charge < -0.3 is 16.0 Å². The predicted octanol–water partition coefficient (Wildman–Crippen LogP) is 4.02.